The number of rotatable bonds is 4. The number of nitrogens with two attached hydrogens (primary N) is 1. The molecule has 3 atom stereocenters. The van der Waals surface area contributed by atoms with Crippen molar-refractivity contribution in [2.45, 2.75) is 78.0 Å². The standard InChI is InChI=1S/C18H36N2O/c1-13-16(10-11-21-13)20(5)17(12-19)14-6-8-15(9-7-14)18(2,3)4/h13-17H,6-12,19H2,1-5H3. The highest BCUT2D eigenvalue weighted by Gasteiger charge is 2.37. The van der Waals surface area contributed by atoms with Gasteiger partial charge in [0.25, 0.3) is 0 Å². The van der Waals surface area contributed by atoms with Gasteiger partial charge in [-0.3, -0.25) is 4.90 Å². The molecule has 124 valence electrons. The first-order chi connectivity index (χ1) is 9.84. The van der Waals surface area contributed by atoms with Crippen LogP contribution < -0.4 is 5.73 Å². The van der Waals surface area contributed by atoms with Crippen molar-refractivity contribution in [2.24, 2.45) is 23.0 Å². The zero-order chi connectivity index (χ0) is 15.6. The first-order valence-corrected chi connectivity index (χ1v) is 8.88. The normalized spacial score (nSPS) is 36.1. The minimum Gasteiger partial charge on any atom is -0.377 e. The zero-order valence-electron chi connectivity index (χ0n) is 14.8. The number of likely N-dealkylation sites (N-methyl/N-ethyl adjacent to an activating group) is 1. The Hall–Kier alpha value is -0.120. The van der Waals surface area contributed by atoms with Gasteiger partial charge in [0, 0.05) is 25.2 Å². The Bertz CT molecular complexity index is 318. The Morgan fingerprint density at radius 1 is 1.14 bits per heavy atom. The van der Waals surface area contributed by atoms with E-state index in [1.165, 1.54) is 25.7 Å². The number of hydrogen-bond acceptors (Lipinski definition) is 3. The molecule has 0 aromatic heterocycles. The molecule has 2 N–H and O–H groups in total. The molecule has 1 saturated carbocycles. The molecular formula is C18H36N2O. The quantitative estimate of drug-likeness (QED) is 0.865. The summed E-state index contributed by atoms with van der Waals surface area (Å²) in [7, 11) is 2.27. The van der Waals surface area contributed by atoms with E-state index in [9.17, 15) is 0 Å². The molecule has 1 heterocycles. The van der Waals surface area contributed by atoms with E-state index in [4.69, 9.17) is 10.5 Å². The summed E-state index contributed by atoms with van der Waals surface area (Å²) >= 11 is 0. The average Bonchev–Trinajstić information content (AvgIpc) is 2.85. The van der Waals surface area contributed by atoms with Crippen LogP contribution in [-0.4, -0.2) is 43.3 Å². The topological polar surface area (TPSA) is 38.5 Å². The predicted molar refractivity (Wildman–Crippen MR) is 89.3 cm³/mol. The summed E-state index contributed by atoms with van der Waals surface area (Å²) in [6.07, 6.45) is 6.94. The highest BCUT2D eigenvalue weighted by atomic mass is 16.5. The predicted octanol–water partition coefficient (Wildman–Crippen LogP) is 3.28. The van der Waals surface area contributed by atoms with Gasteiger partial charge < -0.3 is 10.5 Å². The molecule has 0 amide bonds. The molecule has 0 aromatic carbocycles. The first kappa shape index (κ1) is 17.2. The summed E-state index contributed by atoms with van der Waals surface area (Å²) < 4.78 is 5.75. The van der Waals surface area contributed by atoms with Gasteiger partial charge in [-0.05, 0) is 63.3 Å². The van der Waals surface area contributed by atoms with E-state index in [1.807, 2.05) is 0 Å². The average molecular weight is 296 g/mol. The van der Waals surface area contributed by atoms with Crippen molar-refractivity contribution in [3.63, 3.8) is 0 Å². The summed E-state index contributed by atoms with van der Waals surface area (Å²) in [5.41, 5.74) is 6.62. The molecule has 1 aliphatic carbocycles. The van der Waals surface area contributed by atoms with Gasteiger partial charge in [0.15, 0.2) is 0 Å². The van der Waals surface area contributed by atoms with Crippen molar-refractivity contribution >= 4 is 0 Å². The minimum absolute atomic E-state index is 0.356. The minimum atomic E-state index is 0.356. The maximum atomic E-state index is 6.16. The Labute approximate surface area is 131 Å². The molecule has 3 heteroatoms. The molecule has 2 fully saturated rings. The van der Waals surface area contributed by atoms with Gasteiger partial charge in [-0.1, -0.05) is 20.8 Å². The number of ether oxygens (including phenoxy) is 1. The maximum absolute atomic E-state index is 6.16. The largest absolute Gasteiger partial charge is 0.377 e. The van der Waals surface area contributed by atoms with Gasteiger partial charge in [0.05, 0.1) is 6.10 Å². The summed E-state index contributed by atoms with van der Waals surface area (Å²) in [4.78, 5) is 2.54. The highest BCUT2D eigenvalue weighted by Crippen LogP contribution is 2.41. The van der Waals surface area contributed by atoms with E-state index >= 15 is 0 Å². The first-order valence-electron chi connectivity index (χ1n) is 8.88. The van der Waals surface area contributed by atoms with Gasteiger partial charge in [0.1, 0.15) is 0 Å². The summed E-state index contributed by atoms with van der Waals surface area (Å²) in [5.74, 6) is 1.65. The second kappa shape index (κ2) is 6.97. The van der Waals surface area contributed by atoms with Crippen LogP contribution in [-0.2, 0) is 4.74 Å². The molecule has 0 spiro atoms. The Kier molecular flexibility index (Phi) is 5.72. The van der Waals surface area contributed by atoms with Crippen molar-refractivity contribution in [3.8, 4) is 0 Å². The lowest BCUT2D eigenvalue weighted by molar-refractivity contribution is 0.0378. The molecule has 0 radical (unpaired) electrons. The number of hydrogen-bond donors (Lipinski definition) is 1. The van der Waals surface area contributed by atoms with E-state index in [1.54, 1.807) is 0 Å². The lowest BCUT2D eigenvalue weighted by Crippen LogP contribution is -2.51. The van der Waals surface area contributed by atoms with Gasteiger partial charge in [0.2, 0.25) is 0 Å². The van der Waals surface area contributed by atoms with Gasteiger partial charge in [-0.2, -0.15) is 0 Å². The molecule has 0 bridgehead atoms. The summed E-state index contributed by atoms with van der Waals surface area (Å²) in [5, 5.41) is 0. The van der Waals surface area contributed by atoms with Crippen molar-refractivity contribution in [3.05, 3.63) is 0 Å². The summed E-state index contributed by atoms with van der Waals surface area (Å²) in [6.45, 7) is 11.1. The van der Waals surface area contributed by atoms with Crippen LogP contribution in [0.2, 0.25) is 0 Å². The van der Waals surface area contributed by atoms with Gasteiger partial charge in [-0.15, -0.1) is 0 Å². The van der Waals surface area contributed by atoms with E-state index < -0.39 is 0 Å². The maximum Gasteiger partial charge on any atom is 0.0703 e. The molecule has 0 aromatic rings. The molecule has 21 heavy (non-hydrogen) atoms. The third-order valence-corrected chi connectivity index (χ3v) is 6.16. The van der Waals surface area contributed by atoms with E-state index in [-0.39, 0.29) is 0 Å². The Balaban J connectivity index is 1.93. The van der Waals surface area contributed by atoms with Crippen LogP contribution in [0.3, 0.4) is 0 Å². The van der Waals surface area contributed by atoms with Crippen LogP contribution in [0, 0.1) is 17.3 Å². The van der Waals surface area contributed by atoms with Crippen LogP contribution in [0.15, 0.2) is 0 Å². The zero-order valence-corrected chi connectivity index (χ0v) is 14.8. The SMILES string of the molecule is CC1OCCC1N(C)C(CN)C1CCC(C(C)(C)C)CC1. The lowest BCUT2D eigenvalue weighted by atomic mass is 9.68. The van der Waals surface area contributed by atoms with Crippen LogP contribution in [0.1, 0.15) is 59.8 Å². The fraction of sp³-hybridized carbons (Fsp3) is 1.00. The molecule has 2 aliphatic rings. The van der Waals surface area contributed by atoms with Crippen LogP contribution in [0.4, 0.5) is 0 Å². The third-order valence-electron chi connectivity index (χ3n) is 6.16. The second-order valence-corrected chi connectivity index (χ2v) is 8.38. The molecule has 1 saturated heterocycles. The Morgan fingerprint density at radius 3 is 2.19 bits per heavy atom. The van der Waals surface area contributed by atoms with E-state index in [0.29, 0.717) is 23.6 Å². The van der Waals surface area contributed by atoms with Gasteiger partial charge in [-0.25, -0.2) is 0 Å². The smallest absolute Gasteiger partial charge is 0.0703 e. The van der Waals surface area contributed by atoms with E-state index in [0.717, 1.165) is 31.4 Å². The summed E-state index contributed by atoms with van der Waals surface area (Å²) in [6, 6.07) is 1.08. The van der Waals surface area contributed by atoms with Crippen LogP contribution >= 0.6 is 0 Å². The highest BCUT2D eigenvalue weighted by molar-refractivity contribution is 4.91. The molecular weight excluding hydrogens is 260 g/mol. The van der Waals surface area contributed by atoms with Crippen LogP contribution in [0.5, 0.6) is 0 Å². The monoisotopic (exact) mass is 296 g/mol. The van der Waals surface area contributed by atoms with E-state index in [2.05, 4.69) is 39.6 Å². The van der Waals surface area contributed by atoms with Crippen LogP contribution in [0.25, 0.3) is 0 Å². The fourth-order valence-electron chi connectivity index (χ4n) is 4.56. The lowest BCUT2D eigenvalue weighted by Gasteiger charge is -2.43. The number of nitrogens with zero attached hydrogens (tertiary/aromatic N) is 1. The van der Waals surface area contributed by atoms with Crippen molar-refractivity contribution in [1.82, 2.24) is 4.90 Å². The Morgan fingerprint density at radius 2 is 1.76 bits per heavy atom. The van der Waals surface area contributed by atoms with Crippen molar-refractivity contribution in [1.29, 1.82) is 0 Å². The molecule has 3 nitrogen and oxygen atoms in total. The fourth-order valence-corrected chi connectivity index (χ4v) is 4.56. The molecule has 3 unspecified atom stereocenters. The van der Waals surface area contributed by atoms with Gasteiger partial charge >= 0.3 is 0 Å². The third kappa shape index (κ3) is 4.00. The molecule has 2 rings (SSSR count). The van der Waals surface area contributed by atoms with Crippen molar-refractivity contribution < 1.29 is 4.74 Å². The molecule has 1 aliphatic heterocycles. The second-order valence-electron chi connectivity index (χ2n) is 8.38. The van der Waals surface area contributed by atoms with Crippen molar-refractivity contribution in [2.75, 3.05) is 20.2 Å².